The molecule has 1 fully saturated rings. The molecule has 0 spiro atoms. The molecule has 0 bridgehead atoms. The zero-order valence-corrected chi connectivity index (χ0v) is 16.6. The molecule has 1 amide bonds. The molecule has 1 N–H and O–H groups in total. The van der Waals surface area contributed by atoms with Crippen molar-refractivity contribution in [3.05, 3.63) is 0 Å². The van der Waals surface area contributed by atoms with Gasteiger partial charge in [-0.3, -0.25) is 8.98 Å². The molecule has 2 atom stereocenters. The van der Waals surface area contributed by atoms with Crippen LogP contribution in [0.3, 0.4) is 0 Å². The van der Waals surface area contributed by atoms with Crippen LogP contribution in [0.2, 0.25) is 0 Å². The standard InChI is InChI=1S/C16H27NO8S/c1-10(2)12-14(19)25-13(15(20)24-12)16(4,5)9-23-26(21,22)8-6-7-17-11(3)18/h10,12-13H,6-9H2,1-5H3,(H,17,18)/t12?,13-/m0/s1. The molecule has 1 saturated heterocycles. The number of carbonyl (C=O) groups excluding carboxylic acids is 3. The molecular weight excluding hydrogens is 366 g/mol. The normalized spacial score (nSPS) is 21.3. The van der Waals surface area contributed by atoms with Crippen molar-refractivity contribution in [1.82, 2.24) is 5.32 Å². The van der Waals surface area contributed by atoms with Crippen molar-refractivity contribution in [2.45, 2.75) is 53.2 Å². The summed E-state index contributed by atoms with van der Waals surface area (Å²) in [4.78, 5) is 34.9. The van der Waals surface area contributed by atoms with Gasteiger partial charge in [-0.05, 0) is 6.42 Å². The van der Waals surface area contributed by atoms with Crippen molar-refractivity contribution >= 4 is 28.0 Å². The second-order valence-corrected chi connectivity index (χ2v) is 9.03. The Morgan fingerprint density at radius 1 is 1.23 bits per heavy atom. The zero-order chi connectivity index (χ0) is 20.1. The molecule has 1 aliphatic heterocycles. The van der Waals surface area contributed by atoms with Gasteiger partial charge in [-0.1, -0.05) is 27.7 Å². The van der Waals surface area contributed by atoms with E-state index in [0.717, 1.165) is 0 Å². The first-order valence-corrected chi connectivity index (χ1v) is 9.96. The van der Waals surface area contributed by atoms with Gasteiger partial charge in [-0.25, -0.2) is 9.59 Å². The van der Waals surface area contributed by atoms with Crippen LogP contribution in [-0.2, 0) is 38.2 Å². The summed E-state index contributed by atoms with van der Waals surface area (Å²) in [7, 11) is -3.85. The Hall–Kier alpha value is -1.68. The summed E-state index contributed by atoms with van der Waals surface area (Å²) in [5, 5.41) is 2.49. The number of ether oxygens (including phenoxy) is 2. The fourth-order valence-corrected chi connectivity index (χ4v) is 3.34. The van der Waals surface area contributed by atoms with Crippen LogP contribution >= 0.6 is 0 Å². The van der Waals surface area contributed by atoms with Gasteiger partial charge in [0.15, 0.2) is 0 Å². The van der Waals surface area contributed by atoms with Gasteiger partial charge in [0, 0.05) is 24.8 Å². The van der Waals surface area contributed by atoms with Crippen molar-refractivity contribution in [1.29, 1.82) is 0 Å². The van der Waals surface area contributed by atoms with E-state index in [-0.39, 0.29) is 37.2 Å². The molecule has 10 heteroatoms. The van der Waals surface area contributed by atoms with E-state index in [2.05, 4.69) is 5.32 Å². The van der Waals surface area contributed by atoms with Crippen molar-refractivity contribution in [2.24, 2.45) is 11.3 Å². The molecule has 0 saturated carbocycles. The highest BCUT2D eigenvalue weighted by Crippen LogP contribution is 2.30. The van der Waals surface area contributed by atoms with Crippen LogP contribution in [0.1, 0.15) is 41.0 Å². The van der Waals surface area contributed by atoms with E-state index in [1.54, 1.807) is 27.7 Å². The maximum absolute atomic E-state index is 12.2. The van der Waals surface area contributed by atoms with Gasteiger partial charge < -0.3 is 14.8 Å². The summed E-state index contributed by atoms with van der Waals surface area (Å²) >= 11 is 0. The second-order valence-electron chi connectivity index (χ2n) is 7.27. The maximum atomic E-state index is 12.2. The first kappa shape index (κ1) is 22.4. The molecule has 150 valence electrons. The van der Waals surface area contributed by atoms with Crippen molar-refractivity contribution in [3.63, 3.8) is 0 Å². The van der Waals surface area contributed by atoms with E-state index in [9.17, 15) is 22.8 Å². The highest BCUT2D eigenvalue weighted by Gasteiger charge is 2.48. The molecular formula is C16H27NO8S. The summed E-state index contributed by atoms with van der Waals surface area (Å²) in [6.07, 6.45) is -2.02. The highest BCUT2D eigenvalue weighted by atomic mass is 32.2. The third-order valence-electron chi connectivity index (χ3n) is 3.79. The van der Waals surface area contributed by atoms with E-state index >= 15 is 0 Å². The lowest BCUT2D eigenvalue weighted by Crippen LogP contribution is -2.53. The summed E-state index contributed by atoms with van der Waals surface area (Å²) < 4.78 is 39.2. The summed E-state index contributed by atoms with van der Waals surface area (Å²) in [5.41, 5.74) is -1.10. The van der Waals surface area contributed by atoms with Gasteiger partial charge in [0.1, 0.15) is 0 Å². The molecule has 0 radical (unpaired) electrons. The Morgan fingerprint density at radius 2 is 1.85 bits per heavy atom. The number of amides is 1. The molecule has 0 aliphatic carbocycles. The van der Waals surface area contributed by atoms with Gasteiger partial charge >= 0.3 is 11.9 Å². The Bertz CT molecular complexity index is 641. The maximum Gasteiger partial charge on any atom is 0.348 e. The molecule has 0 aromatic rings. The second kappa shape index (κ2) is 8.81. The molecule has 0 aromatic heterocycles. The number of esters is 2. The smallest absolute Gasteiger partial charge is 0.348 e. The van der Waals surface area contributed by atoms with Crippen LogP contribution < -0.4 is 5.32 Å². The Labute approximate surface area is 153 Å². The van der Waals surface area contributed by atoms with Crippen LogP contribution in [0.15, 0.2) is 0 Å². The number of hydrogen-bond donors (Lipinski definition) is 1. The molecule has 0 aromatic carbocycles. The van der Waals surface area contributed by atoms with E-state index in [0.29, 0.717) is 0 Å². The van der Waals surface area contributed by atoms with Gasteiger partial charge in [-0.15, -0.1) is 0 Å². The SMILES string of the molecule is CC(=O)NCCCS(=O)(=O)OCC(C)(C)[C@H]1OC(=O)C(C(C)C)OC1=O. The molecule has 1 unspecified atom stereocenters. The quantitative estimate of drug-likeness (QED) is 0.338. The minimum absolute atomic E-state index is 0.193. The fraction of sp³-hybridized carbons (Fsp3) is 0.812. The van der Waals surface area contributed by atoms with E-state index < -0.39 is 39.7 Å². The summed E-state index contributed by atoms with van der Waals surface area (Å²) in [6, 6.07) is 0. The Kier molecular flexibility index (Phi) is 7.57. The van der Waals surface area contributed by atoms with Crippen molar-refractivity contribution in [2.75, 3.05) is 18.9 Å². The number of hydrogen-bond acceptors (Lipinski definition) is 8. The van der Waals surface area contributed by atoms with Crippen LogP contribution in [-0.4, -0.2) is 57.4 Å². The van der Waals surface area contributed by atoms with Gasteiger partial charge in [0.05, 0.1) is 12.4 Å². The lowest BCUT2D eigenvalue weighted by molar-refractivity contribution is -0.208. The molecule has 1 heterocycles. The predicted molar refractivity (Wildman–Crippen MR) is 91.4 cm³/mol. The third kappa shape index (κ3) is 6.56. The van der Waals surface area contributed by atoms with E-state index in [1.165, 1.54) is 6.92 Å². The largest absolute Gasteiger partial charge is 0.447 e. The first-order valence-electron chi connectivity index (χ1n) is 8.38. The average Bonchev–Trinajstić information content (AvgIpc) is 2.51. The summed E-state index contributed by atoms with van der Waals surface area (Å²) in [5.74, 6) is -2.14. The van der Waals surface area contributed by atoms with Gasteiger partial charge in [0.2, 0.25) is 18.1 Å². The fourth-order valence-electron chi connectivity index (χ4n) is 2.24. The Balaban J connectivity index is 2.61. The number of nitrogens with one attached hydrogen (secondary N) is 1. The van der Waals surface area contributed by atoms with Crippen LogP contribution in [0.4, 0.5) is 0 Å². The molecule has 1 aliphatic rings. The number of cyclic esters (lactones) is 2. The van der Waals surface area contributed by atoms with Crippen molar-refractivity contribution in [3.8, 4) is 0 Å². The summed E-state index contributed by atoms with van der Waals surface area (Å²) in [6.45, 7) is 7.74. The monoisotopic (exact) mass is 393 g/mol. The number of carbonyl (C=O) groups is 3. The minimum atomic E-state index is -3.85. The van der Waals surface area contributed by atoms with E-state index in [1.807, 2.05) is 0 Å². The van der Waals surface area contributed by atoms with Gasteiger partial charge in [0.25, 0.3) is 10.1 Å². The first-order chi connectivity index (χ1) is 11.9. The van der Waals surface area contributed by atoms with Crippen molar-refractivity contribution < 1.29 is 36.5 Å². The number of rotatable bonds is 9. The Morgan fingerprint density at radius 3 is 2.38 bits per heavy atom. The van der Waals surface area contributed by atoms with E-state index in [4.69, 9.17) is 13.7 Å². The van der Waals surface area contributed by atoms with Crippen LogP contribution in [0, 0.1) is 11.3 Å². The lowest BCUT2D eigenvalue weighted by Gasteiger charge is -2.37. The van der Waals surface area contributed by atoms with Crippen LogP contribution in [0.5, 0.6) is 0 Å². The lowest BCUT2D eigenvalue weighted by atomic mass is 9.86. The minimum Gasteiger partial charge on any atom is -0.447 e. The molecule has 1 rings (SSSR count). The van der Waals surface area contributed by atoms with Gasteiger partial charge in [-0.2, -0.15) is 8.42 Å². The highest BCUT2D eigenvalue weighted by molar-refractivity contribution is 7.86. The van der Waals surface area contributed by atoms with Crippen LogP contribution in [0.25, 0.3) is 0 Å². The molecule has 26 heavy (non-hydrogen) atoms. The molecule has 9 nitrogen and oxygen atoms in total. The predicted octanol–water partition coefficient (Wildman–Crippen LogP) is 0.378. The zero-order valence-electron chi connectivity index (χ0n) is 15.7. The third-order valence-corrected chi connectivity index (χ3v) is 5.06. The average molecular weight is 393 g/mol. The topological polar surface area (TPSA) is 125 Å².